The molecule has 0 aliphatic heterocycles. The second kappa shape index (κ2) is 5.83. The van der Waals surface area contributed by atoms with E-state index in [-0.39, 0.29) is 0 Å². The Kier molecular flexibility index (Phi) is 4.47. The molecule has 4 heteroatoms. The Bertz CT molecular complexity index is 595. The number of nitrogens with zero attached hydrogens (tertiary/aromatic N) is 2. The van der Waals surface area contributed by atoms with E-state index in [1.165, 1.54) is 5.39 Å². The number of methoxy groups -OCH3 is 1. The van der Waals surface area contributed by atoms with E-state index in [9.17, 15) is 0 Å². The second-order valence-corrected chi connectivity index (χ2v) is 12.5. The van der Waals surface area contributed by atoms with Gasteiger partial charge in [-0.1, -0.05) is 41.5 Å². The largest absolute Gasteiger partial charge is 0.483 e. The molecule has 0 unspecified atom stereocenters. The summed E-state index contributed by atoms with van der Waals surface area (Å²) in [5.41, 5.74) is 2.93. The van der Waals surface area contributed by atoms with Crippen LogP contribution in [-0.4, -0.2) is 24.6 Å². The highest BCUT2D eigenvalue weighted by atomic mass is 28.3. The van der Waals surface area contributed by atoms with Crippen molar-refractivity contribution in [1.29, 1.82) is 0 Å². The van der Waals surface area contributed by atoms with Gasteiger partial charge in [-0.25, -0.2) is 4.98 Å². The summed E-state index contributed by atoms with van der Waals surface area (Å²) in [6, 6.07) is 6.26. The summed E-state index contributed by atoms with van der Waals surface area (Å²) in [5.74, 6) is 0.964. The van der Waals surface area contributed by atoms with Gasteiger partial charge < -0.3 is 8.97 Å². The van der Waals surface area contributed by atoms with Crippen LogP contribution < -0.4 is 4.74 Å². The van der Waals surface area contributed by atoms with Crippen LogP contribution in [0.3, 0.4) is 0 Å². The molecular formula is C17H28N2OSi. The molecule has 0 atom stereocenters. The normalized spacial score (nSPS) is 12.9. The zero-order chi connectivity index (χ0) is 15.8. The number of fused-ring (bicyclic) bond motifs is 1. The van der Waals surface area contributed by atoms with Crippen molar-refractivity contribution in [2.45, 2.75) is 58.2 Å². The Balaban J connectivity index is 2.88. The molecule has 21 heavy (non-hydrogen) atoms. The number of hydrogen-bond acceptors (Lipinski definition) is 2. The molecular weight excluding hydrogens is 276 g/mol. The highest BCUT2D eigenvalue weighted by molar-refractivity contribution is 6.82. The summed E-state index contributed by atoms with van der Waals surface area (Å²) in [6.45, 7) is 14.2. The first-order valence-corrected chi connectivity index (χ1v) is 10.1. The summed E-state index contributed by atoms with van der Waals surface area (Å²) in [4.78, 5) is 4.68. The highest BCUT2D eigenvalue weighted by Crippen LogP contribution is 2.46. The molecule has 0 saturated carbocycles. The fraction of sp³-hybridized carbons (Fsp3) is 0.588. The smallest absolute Gasteiger partial charge is 0.187 e. The Labute approximate surface area is 129 Å². The van der Waals surface area contributed by atoms with Gasteiger partial charge in [0, 0.05) is 17.6 Å². The SMILES string of the molecule is COc1cc2cccnc2n1[Si](C(C)C)(C(C)C)C(C)C. The lowest BCUT2D eigenvalue weighted by Gasteiger charge is -2.44. The van der Waals surface area contributed by atoms with Gasteiger partial charge in [0.25, 0.3) is 0 Å². The molecule has 0 spiro atoms. The van der Waals surface area contributed by atoms with Crippen molar-refractivity contribution in [3.8, 4) is 5.88 Å². The lowest BCUT2D eigenvalue weighted by molar-refractivity contribution is 0.392. The van der Waals surface area contributed by atoms with Crippen molar-refractivity contribution in [1.82, 2.24) is 9.22 Å². The predicted octanol–water partition coefficient (Wildman–Crippen LogP) is 5.07. The van der Waals surface area contributed by atoms with Gasteiger partial charge in [-0.15, -0.1) is 0 Å². The molecule has 0 amide bonds. The molecule has 2 heterocycles. The fourth-order valence-electron chi connectivity index (χ4n) is 4.31. The number of pyridine rings is 1. The maximum absolute atomic E-state index is 5.74. The van der Waals surface area contributed by atoms with Crippen LogP contribution in [0.15, 0.2) is 24.4 Å². The third kappa shape index (κ3) is 2.29. The van der Waals surface area contributed by atoms with Crippen molar-refractivity contribution in [2.24, 2.45) is 0 Å². The minimum Gasteiger partial charge on any atom is -0.483 e. The van der Waals surface area contributed by atoms with E-state index in [1.807, 2.05) is 12.3 Å². The maximum Gasteiger partial charge on any atom is 0.187 e. The molecule has 2 aromatic rings. The lowest BCUT2D eigenvalue weighted by atomic mass is 10.3. The van der Waals surface area contributed by atoms with E-state index in [4.69, 9.17) is 4.74 Å². The molecule has 2 aromatic heterocycles. The van der Waals surface area contributed by atoms with Crippen LogP contribution in [0, 0.1) is 0 Å². The molecule has 0 aliphatic carbocycles. The minimum absolute atomic E-state index is 0.615. The van der Waals surface area contributed by atoms with Crippen molar-refractivity contribution < 1.29 is 4.74 Å². The molecule has 0 radical (unpaired) electrons. The van der Waals surface area contributed by atoms with E-state index in [0.717, 1.165) is 11.5 Å². The Morgan fingerprint density at radius 3 is 2.10 bits per heavy atom. The van der Waals surface area contributed by atoms with E-state index < -0.39 is 8.24 Å². The van der Waals surface area contributed by atoms with Crippen LogP contribution in [-0.2, 0) is 0 Å². The number of hydrogen-bond donors (Lipinski definition) is 0. The highest BCUT2D eigenvalue weighted by Gasteiger charge is 2.47. The average Bonchev–Trinajstić information content (AvgIpc) is 2.77. The first-order valence-electron chi connectivity index (χ1n) is 7.88. The molecule has 0 N–H and O–H groups in total. The zero-order valence-electron chi connectivity index (χ0n) is 14.3. The van der Waals surface area contributed by atoms with Gasteiger partial charge in [-0.2, -0.15) is 0 Å². The number of ether oxygens (including phenoxy) is 1. The van der Waals surface area contributed by atoms with E-state index in [0.29, 0.717) is 16.6 Å². The summed E-state index contributed by atoms with van der Waals surface area (Å²) in [5, 5.41) is 1.17. The summed E-state index contributed by atoms with van der Waals surface area (Å²) < 4.78 is 8.22. The van der Waals surface area contributed by atoms with Crippen LogP contribution in [0.2, 0.25) is 16.6 Å². The third-order valence-corrected chi connectivity index (χ3v) is 11.7. The first-order chi connectivity index (χ1) is 9.87. The molecule has 0 bridgehead atoms. The number of rotatable bonds is 5. The number of aromatic nitrogens is 2. The lowest BCUT2D eigenvalue weighted by Crippen LogP contribution is -2.52. The zero-order valence-corrected chi connectivity index (χ0v) is 15.3. The van der Waals surface area contributed by atoms with Gasteiger partial charge in [0.15, 0.2) is 14.1 Å². The predicted molar refractivity (Wildman–Crippen MR) is 92.7 cm³/mol. The molecule has 0 aliphatic rings. The fourth-order valence-corrected chi connectivity index (χ4v) is 11.0. The molecule has 0 aromatic carbocycles. The van der Waals surface area contributed by atoms with E-state index in [1.54, 1.807) is 7.11 Å². The van der Waals surface area contributed by atoms with Crippen LogP contribution in [0.1, 0.15) is 41.5 Å². The monoisotopic (exact) mass is 304 g/mol. The summed E-state index contributed by atoms with van der Waals surface area (Å²) in [6.07, 6.45) is 1.89. The molecule has 3 nitrogen and oxygen atoms in total. The van der Waals surface area contributed by atoms with Crippen LogP contribution in [0.4, 0.5) is 0 Å². The standard InChI is InChI=1S/C17H28N2OSi/c1-12(2)21(13(3)4,14(5)6)19-16(20-7)11-15-9-8-10-18-17(15)19/h8-14H,1-7H3. The van der Waals surface area contributed by atoms with Gasteiger partial charge in [-0.05, 0) is 28.8 Å². The van der Waals surface area contributed by atoms with Gasteiger partial charge in [0.2, 0.25) is 0 Å². The Morgan fingerprint density at radius 2 is 1.62 bits per heavy atom. The molecule has 116 valence electrons. The van der Waals surface area contributed by atoms with Crippen molar-refractivity contribution >= 4 is 19.3 Å². The quantitative estimate of drug-likeness (QED) is 0.721. The van der Waals surface area contributed by atoms with E-state index >= 15 is 0 Å². The van der Waals surface area contributed by atoms with Crippen molar-refractivity contribution in [3.63, 3.8) is 0 Å². The van der Waals surface area contributed by atoms with Crippen LogP contribution in [0.5, 0.6) is 5.88 Å². The van der Waals surface area contributed by atoms with E-state index in [2.05, 4.69) is 62.9 Å². The Morgan fingerprint density at radius 1 is 1.05 bits per heavy atom. The topological polar surface area (TPSA) is 27.1 Å². The second-order valence-electron chi connectivity index (χ2n) is 6.79. The third-order valence-electron chi connectivity index (χ3n) is 4.90. The average molecular weight is 305 g/mol. The molecule has 0 fully saturated rings. The Hall–Kier alpha value is -1.29. The van der Waals surface area contributed by atoms with Gasteiger partial charge in [0.1, 0.15) is 5.65 Å². The molecule has 0 saturated heterocycles. The van der Waals surface area contributed by atoms with Gasteiger partial charge in [0.05, 0.1) is 7.11 Å². The van der Waals surface area contributed by atoms with Gasteiger partial charge >= 0.3 is 0 Å². The molecule has 2 rings (SSSR count). The minimum atomic E-state index is -1.85. The van der Waals surface area contributed by atoms with Crippen molar-refractivity contribution in [2.75, 3.05) is 7.11 Å². The summed E-state index contributed by atoms with van der Waals surface area (Å²) in [7, 11) is -0.0836. The van der Waals surface area contributed by atoms with Crippen LogP contribution in [0.25, 0.3) is 11.0 Å². The maximum atomic E-state index is 5.74. The van der Waals surface area contributed by atoms with Crippen molar-refractivity contribution in [3.05, 3.63) is 24.4 Å². The van der Waals surface area contributed by atoms with Crippen LogP contribution >= 0.6 is 0 Å². The van der Waals surface area contributed by atoms with Gasteiger partial charge in [-0.3, -0.25) is 0 Å². The first kappa shape index (κ1) is 16.1. The summed E-state index contributed by atoms with van der Waals surface area (Å²) >= 11 is 0.